The zero-order chi connectivity index (χ0) is 20.9. The normalized spacial score (nSPS) is 12.8. The van der Waals surface area contributed by atoms with Crippen LogP contribution in [-0.4, -0.2) is 32.5 Å². The Hall–Kier alpha value is -2.15. The maximum atomic E-state index is 12.9. The molecule has 6 nitrogen and oxygen atoms in total. The average molecular weight is 404 g/mol. The van der Waals surface area contributed by atoms with E-state index in [4.69, 9.17) is 0 Å². The molecule has 0 aliphatic carbocycles. The molecule has 1 N–H and O–H groups in total. The maximum Gasteiger partial charge on any atom is 0.262 e. The molecule has 28 heavy (non-hydrogen) atoms. The highest BCUT2D eigenvalue weighted by molar-refractivity contribution is 7.99. The molecule has 0 saturated heterocycles. The number of rotatable bonds is 9. The smallest absolute Gasteiger partial charge is 0.262 e. The first-order chi connectivity index (χ1) is 13.1. The van der Waals surface area contributed by atoms with Gasteiger partial charge >= 0.3 is 0 Å². The number of carbonyl (C=O) groups is 2. The Morgan fingerprint density at radius 1 is 1.29 bits per heavy atom. The van der Waals surface area contributed by atoms with Crippen LogP contribution in [0.5, 0.6) is 0 Å². The Morgan fingerprint density at radius 3 is 2.61 bits per heavy atom. The number of aromatic nitrogens is 2. The molecule has 2 aromatic rings. The van der Waals surface area contributed by atoms with Crippen molar-refractivity contribution >= 4 is 34.4 Å². The number of benzene rings is 1. The van der Waals surface area contributed by atoms with Gasteiger partial charge in [-0.15, -0.1) is 0 Å². The Bertz CT molecular complexity index is 921. The summed E-state index contributed by atoms with van der Waals surface area (Å²) in [6.07, 6.45) is 1.40. The number of hydrogen-bond donors (Lipinski definition) is 1. The van der Waals surface area contributed by atoms with Crippen LogP contribution in [0.4, 0.5) is 0 Å². The fraction of sp³-hybridized carbons (Fsp3) is 0.524. The van der Waals surface area contributed by atoms with Gasteiger partial charge < -0.3 is 5.32 Å². The number of nitrogens with zero attached hydrogens (tertiary/aromatic N) is 2. The molecular formula is C21H29N3O3S. The summed E-state index contributed by atoms with van der Waals surface area (Å²) in [4.78, 5) is 41.2. The SMILES string of the molecule is CC[C@@H](C)n1c(SCCC(=O)NC(C)(C)CC(C)=O)nc2ccccc2c1=O. The Balaban J connectivity index is 2.14. The van der Waals surface area contributed by atoms with E-state index in [9.17, 15) is 14.4 Å². The molecule has 0 fully saturated rings. The number of fused-ring (bicyclic) bond motifs is 1. The van der Waals surface area contributed by atoms with Crippen LogP contribution in [0.3, 0.4) is 0 Å². The summed E-state index contributed by atoms with van der Waals surface area (Å²) < 4.78 is 1.73. The quantitative estimate of drug-likeness (QED) is 0.510. The molecule has 0 saturated carbocycles. The number of Topliss-reactive ketones (excluding diaryl/α,β-unsaturated/α-hetero) is 1. The lowest BCUT2D eigenvalue weighted by Gasteiger charge is -2.25. The van der Waals surface area contributed by atoms with E-state index in [2.05, 4.69) is 10.3 Å². The van der Waals surface area contributed by atoms with Crippen LogP contribution < -0.4 is 10.9 Å². The van der Waals surface area contributed by atoms with Gasteiger partial charge in [0, 0.05) is 30.2 Å². The molecule has 0 unspecified atom stereocenters. The number of para-hydroxylation sites is 1. The summed E-state index contributed by atoms with van der Waals surface area (Å²) in [5.41, 5.74) is 0.0595. The highest BCUT2D eigenvalue weighted by atomic mass is 32.2. The molecular weight excluding hydrogens is 374 g/mol. The van der Waals surface area contributed by atoms with Gasteiger partial charge in [0.25, 0.3) is 5.56 Å². The van der Waals surface area contributed by atoms with Crippen molar-refractivity contribution < 1.29 is 9.59 Å². The second-order valence-electron chi connectivity index (χ2n) is 7.75. The average Bonchev–Trinajstić information content (AvgIpc) is 2.59. The third-order valence-electron chi connectivity index (χ3n) is 4.54. The number of carbonyl (C=O) groups excluding carboxylic acids is 2. The lowest BCUT2D eigenvalue weighted by molar-refractivity contribution is -0.123. The molecule has 1 aromatic heterocycles. The first-order valence-corrected chi connectivity index (χ1v) is 10.6. The topological polar surface area (TPSA) is 81.1 Å². The van der Waals surface area contributed by atoms with Crippen molar-refractivity contribution in [1.29, 1.82) is 0 Å². The Kier molecular flexibility index (Phi) is 7.41. The summed E-state index contributed by atoms with van der Waals surface area (Å²) >= 11 is 1.41. The van der Waals surface area contributed by atoms with Crippen LogP contribution in [0.25, 0.3) is 10.9 Å². The second-order valence-corrected chi connectivity index (χ2v) is 8.82. The lowest BCUT2D eigenvalue weighted by Crippen LogP contribution is -2.44. The minimum absolute atomic E-state index is 0.0235. The highest BCUT2D eigenvalue weighted by Gasteiger charge is 2.22. The van der Waals surface area contributed by atoms with Gasteiger partial charge in [0.2, 0.25) is 5.91 Å². The molecule has 2 rings (SSSR count). The third kappa shape index (κ3) is 5.67. The molecule has 1 aromatic carbocycles. The summed E-state index contributed by atoms with van der Waals surface area (Å²) in [5.74, 6) is 0.429. The zero-order valence-electron chi connectivity index (χ0n) is 17.2. The van der Waals surface area contributed by atoms with Crippen molar-refractivity contribution in [2.45, 2.75) is 70.6 Å². The lowest BCUT2D eigenvalue weighted by atomic mass is 9.98. The molecule has 0 aliphatic heterocycles. The molecule has 1 heterocycles. The minimum Gasteiger partial charge on any atom is -0.351 e. The van der Waals surface area contributed by atoms with Crippen LogP contribution in [0.15, 0.2) is 34.2 Å². The van der Waals surface area contributed by atoms with Gasteiger partial charge in [-0.2, -0.15) is 0 Å². The van der Waals surface area contributed by atoms with E-state index in [1.807, 2.05) is 45.9 Å². The zero-order valence-corrected chi connectivity index (χ0v) is 18.1. The number of amides is 1. The van der Waals surface area contributed by atoms with Gasteiger partial charge in [-0.1, -0.05) is 30.8 Å². The van der Waals surface area contributed by atoms with Gasteiger partial charge in [-0.3, -0.25) is 19.0 Å². The largest absolute Gasteiger partial charge is 0.351 e. The van der Waals surface area contributed by atoms with Crippen molar-refractivity contribution in [3.8, 4) is 0 Å². The first kappa shape index (κ1) is 22.1. The van der Waals surface area contributed by atoms with E-state index in [-0.39, 0.29) is 29.7 Å². The highest BCUT2D eigenvalue weighted by Crippen LogP contribution is 2.23. The standard InChI is InChI=1S/C21H29N3O3S/c1-6-14(2)24-19(27)16-9-7-8-10-17(16)22-20(24)28-12-11-18(26)23-21(4,5)13-15(3)25/h7-10,14H,6,11-13H2,1-5H3,(H,23,26)/t14-/m1/s1. The Morgan fingerprint density at radius 2 is 1.96 bits per heavy atom. The van der Waals surface area contributed by atoms with Gasteiger partial charge in [0.15, 0.2) is 5.16 Å². The van der Waals surface area contributed by atoms with Crippen LogP contribution in [-0.2, 0) is 9.59 Å². The van der Waals surface area contributed by atoms with E-state index in [1.54, 1.807) is 10.6 Å². The van der Waals surface area contributed by atoms with Crippen molar-refractivity contribution in [2.24, 2.45) is 0 Å². The van der Waals surface area contributed by atoms with Crippen molar-refractivity contribution in [2.75, 3.05) is 5.75 Å². The number of nitrogens with one attached hydrogen (secondary N) is 1. The molecule has 0 radical (unpaired) electrons. The van der Waals surface area contributed by atoms with Crippen LogP contribution in [0, 0.1) is 0 Å². The molecule has 0 spiro atoms. The fourth-order valence-corrected chi connectivity index (χ4v) is 4.17. The predicted molar refractivity (Wildman–Crippen MR) is 114 cm³/mol. The van der Waals surface area contributed by atoms with Crippen molar-refractivity contribution in [1.82, 2.24) is 14.9 Å². The number of ketones is 1. The van der Waals surface area contributed by atoms with Crippen LogP contribution >= 0.6 is 11.8 Å². The molecule has 0 aliphatic rings. The van der Waals surface area contributed by atoms with E-state index in [0.29, 0.717) is 28.2 Å². The van der Waals surface area contributed by atoms with E-state index in [0.717, 1.165) is 6.42 Å². The number of thioether (sulfide) groups is 1. The molecule has 0 bridgehead atoms. The maximum absolute atomic E-state index is 12.9. The fourth-order valence-electron chi connectivity index (χ4n) is 3.14. The molecule has 7 heteroatoms. The summed E-state index contributed by atoms with van der Waals surface area (Å²) in [6, 6.07) is 7.35. The first-order valence-electron chi connectivity index (χ1n) is 9.59. The Labute approximate surface area is 170 Å². The summed E-state index contributed by atoms with van der Waals surface area (Å²) in [7, 11) is 0. The molecule has 152 valence electrons. The summed E-state index contributed by atoms with van der Waals surface area (Å²) in [6.45, 7) is 9.23. The second kappa shape index (κ2) is 9.37. The van der Waals surface area contributed by atoms with Crippen molar-refractivity contribution in [3.63, 3.8) is 0 Å². The summed E-state index contributed by atoms with van der Waals surface area (Å²) in [5, 5.41) is 4.14. The number of hydrogen-bond acceptors (Lipinski definition) is 5. The van der Waals surface area contributed by atoms with Gasteiger partial charge in [-0.05, 0) is 46.2 Å². The van der Waals surface area contributed by atoms with E-state index in [1.165, 1.54) is 18.7 Å². The van der Waals surface area contributed by atoms with E-state index < -0.39 is 5.54 Å². The minimum atomic E-state index is -0.562. The third-order valence-corrected chi connectivity index (χ3v) is 5.49. The van der Waals surface area contributed by atoms with Crippen molar-refractivity contribution in [3.05, 3.63) is 34.6 Å². The molecule has 1 atom stereocenters. The predicted octanol–water partition coefficient (Wildman–Crippen LogP) is 3.72. The van der Waals surface area contributed by atoms with Gasteiger partial charge in [0.1, 0.15) is 5.78 Å². The monoisotopic (exact) mass is 403 g/mol. The van der Waals surface area contributed by atoms with Crippen LogP contribution in [0.2, 0.25) is 0 Å². The van der Waals surface area contributed by atoms with E-state index >= 15 is 0 Å². The molecule has 1 amide bonds. The van der Waals surface area contributed by atoms with Gasteiger partial charge in [-0.25, -0.2) is 4.98 Å². The van der Waals surface area contributed by atoms with Crippen LogP contribution in [0.1, 0.15) is 59.9 Å². The van der Waals surface area contributed by atoms with Gasteiger partial charge in [0.05, 0.1) is 10.9 Å².